The van der Waals surface area contributed by atoms with Crippen LogP contribution in [-0.4, -0.2) is 28.3 Å². The van der Waals surface area contributed by atoms with Crippen molar-refractivity contribution < 1.29 is 14.6 Å². The van der Waals surface area contributed by atoms with E-state index in [0.717, 1.165) is 22.4 Å². The van der Waals surface area contributed by atoms with E-state index in [9.17, 15) is 9.90 Å². The summed E-state index contributed by atoms with van der Waals surface area (Å²) in [6.07, 6.45) is 0. The molecule has 1 amide bonds. The molecule has 2 aromatic heterocycles. The van der Waals surface area contributed by atoms with E-state index in [1.807, 2.05) is 53.9 Å². The molecule has 0 saturated carbocycles. The highest BCUT2D eigenvalue weighted by molar-refractivity contribution is 7.08. The number of carbonyl (C=O) groups is 1. The standard InChI is InChI=1S/C23H19N3O3S/c1-29-19-5-3-2-4-17(19)22-20-18(12-27)24-25-21(20)23(28)26(22)16-8-6-14(7-9-16)15-10-11-30-13-15/h2-11,13,22,27H,12H2,1H3,(H,24,25). The maximum absolute atomic E-state index is 13.4. The molecule has 0 bridgehead atoms. The van der Waals surface area contributed by atoms with Crippen molar-refractivity contribution in [3.63, 3.8) is 0 Å². The van der Waals surface area contributed by atoms with Gasteiger partial charge in [-0.3, -0.25) is 14.8 Å². The van der Waals surface area contributed by atoms with Gasteiger partial charge < -0.3 is 9.84 Å². The molecule has 0 saturated heterocycles. The first-order chi connectivity index (χ1) is 14.7. The van der Waals surface area contributed by atoms with Gasteiger partial charge in [-0.2, -0.15) is 16.4 Å². The number of thiophene rings is 1. The van der Waals surface area contributed by atoms with Gasteiger partial charge in [-0.15, -0.1) is 0 Å². The summed E-state index contributed by atoms with van der Waals surface area (Å²) >= 11 is 1.65. The maximum atomic E-state index is 13.4. The largest absolute Gasteiger partial charge is 0.496 e. The number of aromatic amines is 1. The Balaban J connectivity index is 1.65. The minimum Gasteiger partial charge on any atom is -0.496 e. The molecule has 5 rings (SSSR count). The zero-order valence-corrected chi connectivity index (χ0v) is 17.0. The number of ether oxygens (including phenoxy) is 1. The smallest absolute Gasteiger partial charge is 0.277 e. The molecule has 1 aliphatic heterocycles. The third-order valence-corrected chi connectivity index (χ3v) is 6.11. The van der Waals surface area contributed by atoms with Crippen molar-refractivity contribution in [1.29, 1.82) is 0 Å². The fourth-order valence-electron chi connectivity index (χ4n) is 4.03. The summed E-state index contributed by atoms with van der Waals surface area (Å²) in [4.78, 5) is 15.1. The Bertz CT molecular complexity index is 1200. The molecule has 30 heavy (non-hydrogen) atoms. The minimum absolute atomic E-state index is 0.184. The first-order valence-corrected chi connectivity index (χ1v) is 10.4. The van der Waals surface area contributed by atoms with Gasteiger partial charge in [-0.25, -0.2) is 0 Å². The molecular formula is C23H19N3O3S. The third kappa shape index (κ3) is 2.82. The number of nitrogens with zero attached hydrogens (tertiary/aromatic N) is 2. The summed E-state index contributed by atoms with van der Waals surface area (Å²) in [5.41, 5.74) is 5.40. The third-order valence-electron chi connectivity index (χ3n) is 5.43. The molecule has 150 valence electrons. The quantitative estimate of drug-likeness (QED) is 0.505. The molecule has 1 atom stereocenters. The van der Waals surface area contributed by atoms with Crippen LogP contribution in [0.25, 0.3) is 11.1 Å². The van der Waals surface area contributed by atoms with Crippen molar-refractivity contribution in [2.24, 2.45) is 0 Å². The van der Waals surface area contributed by atoms with Crippen LogP contribution in [0.3, 0.4) is 0 Å². The van der Waals surface area contributed by atoms with Gasteiger partial charge in [0.1, 0.15) is 11.4 Å². The first-order valence-electron chi connectivity index (χ1n) is 9.50. The number of hydrogen-bond donors (Lipinski definition) is 2. The van der Waals surface area contributed by atoms with Crippen LogP contribution in [0.2, 0.25) is 0 Å². The van der Waals surface area contributed by atoms with Crippen molar-refractivity contribution >= 4 is 22.9 Å². The van der Waals surface area contributed by atoms with Gasteiger partial charge in [0.25, 0.3) is 5.91 Å². The lowest BCUT2D eigenvalue weighted by atomic mass is 9.97. The number of aromatic nitrogens is 2. The fourth-order valence-corrected chi connectivity index (χ4v) is 4.69. The van der Waals surface area contributed by atoms with Crippen molar-refractivity contribution in [1.82, 2.24) is 10.2 Å². The summed E-state index contributed by atoms with van der Waals surface area (Å²) in [6, 6.07) is 17.2. The summed E-state index contributed by atoms with van der Waals surface area (Å²) in [5.74, 6) is 0.490. The summed E-state index contributed by atoms with van der Waals surface area (Å²) < 4.78 is 5.58. The highest BCUT2D eigenvalue weighted by atomic mass is 32.1. The lowest BCUT2D eigenvalue weighted by Gasteiger charge is -2.27. The van der Waals surface area contributed by atoms with E-state index in [-0.39, 0.29) is 12.5 Å². The number of rotatable bonds is 5. The van der Waals surface area contributed by atoms with Gasteiger partial charge in [0, 0.05) is 16.8 Å². The first kappa shape index (κ1) is 18.6. The average molecular weight is 417 g/mol. The van der Waals surface area contributed by atoms with Gasteiger partial charge in [0.05, 0.1) is 25.5 Å². The predicted octanol–water partition coefficient (Wildman–Crippen LogP) is 4.39. The lowest BCUT2D eigenvalue weighted by molar-refractivity contribution is 0.0988. The van der Waals surface area contributed by atoms with Crippen LogP contribution in [0, 0.1) is 0 Å². The number of aliphatic hydroxyl groups excluding tert-OH is 1. The lowest BCUT2D eigenvalue weighted by Crippen LogP contribution is -2.29. The van der Waals surface area contributed by atoms with Crippen LogP contribution in [-0.2, 0) is 6.61 Å². The molecule has 3 heterocycles. The summed E-state index contributed by atoms with van der Waals surface area (Å²) in [5, 5.41) is 20.9. The van der Waals surface area contributed by atoms with Gasteiger partial charge in [-0.05, 0) is 46.2 Å². The Kier molecular flexibility index (Phi) is 4.61. The Morgan fingerprint density at radius 3 is 2.63 bits per heavy atom. The van der Waals surface area contributed by atoms with E-state index in [0.29, 0.717) is 22.7 Å². The van der Waals surface area contributed by atoms with Crippen molar-refractivity contribution in [2.45, 2.75) is 12.6 Å². The van der Waals surface area contributed by atoms with Gasteiger partial charge in [0.2, 0.25) is 0 Å². The summed E-state index contributed by atoms with van der Waals surface area (Å²) in [6.45, 7) is -0.254. The van der Waals surface area contributed by atoms with Crippen LogP contribution < -0.4 is 9.64 Å². The van der Waals surface area contributed by atoms with Crippen LogP contribution in [0.5, 0.6) is 5.75 Å². The number of fused-ring (bicyclic) bond motifs is 1. The van der Waals surface area contributed by atoms with Gasteiger partial charge in [-0.1, -0.05) is 30.3 Å². The summed E-state index contributed by atoms with van der Waals surface area (Å²) in [7, 11) is 1.61. The van der Waals surface area contributed by atoms with E-state index in [4.69, 9.17) is 4.74 Å². The Morgan fingerprint density at radius 1 is 1.13 bits per heavy atom. The van der Waals surface area contributed by atoms with E-state index < -0.39 is 6.04 Å². The Labute approximate surface area is 177 Å². The number of anilines is 1. The van der Waals surface area contributed by atoms with Crippen LogP contribution in [0.15, 0.2) is 65.4 Å². The molecule has 2 N–H and O–H groups in total. The van der Waals surface area contributed by atoms with Crippen LogP contribution in [0.4, 0.5) is 5.69 Å². The molecule has 1 aliphatic rings. The second-order valence-corrected chi connectivity index (χ2v) is 7.78. The van der Waals surface area contributed by atoms with E-state index in [1.54, 1.807) is 23.3 Å². The Morgan fingerprint density at radius 2 is 1.93 bits per heavy atom. The zero-order valence-electron chi connectivity index (χ0n) is 16.2. The zero-order chi connectivity index (χ0) is 20.7. The minimum atomic E-state index is -0.448. The fraction of sp³-hybridized carbons (Fsp3) is 0.130. The number of H-pyrrole nitrogens is 1. The van der Waals surface area contributed by atoms with Gasteiger partial charge >= 0.3 is 0 Å². The van der Waals surface area contributed by atoms with Crippen molar-refractivity contribution in [3.05, 3.63) is 87.9 Å². The molecular weight excluding hydrogens is 398 g/mol. The second-order valence-electron chi connectivity index (χ2n) is 7.00. The topological polar surface area (TPSA) is 78.5 Å². The number of benzene rings is 2. The molecule has 0 fully saturated rings. The molecule has 6 nitrogen and oxygen atoms in total. The number of amides is 1. The number of methoxy groups -OCH3 is 1. The highest BCUT2D eigenvalue weighted by Crippen LogP contribution is 2.45. The molecule has 1 unspecified atom stereocenters. The van der Waals surface area contributed by atoms with Crippen LogP contribution in [0.1, 0.15) is 33.4 Å². The number of para-hydroxylation sites is 1. The number of carbonyl (C=O) groups excluding carboxylic acids is 1. The highest BCUT2D eigenvalue weighted by Gasteiger charge is 2.43. The normalized spacial score (nSPS) is 15.5. The molecule has 0 aliphatic carbocycles. The number of hydrogen-bond acceptors (Lipinski definition) is 5. The van der Waals surface area contributed by atoms with E-state index >= 15 is 0 Å². The average Bonchev–Trinajstić information content (AvgIpc) is 3.52. The van der Waals surface area contributed by atoms with E-state index in [2.05, 4.69) is 21.6 Å². The molecule has 0 spiro atoms. The Hall–Kier alpha value is -3.42. The predicted molar refractivity (Wildman–Crippen MR) is 116 cm³/mol. The van der Waals surface area contributed by atoms with Crippen LogP contribution >= 0.6 is 11.3 Å². The van der Waals surface area contributed by atoms with Crippen molar-refractivity contribution in [2.75, 3.05) is 12.0 Å². The van der Waals surface area contributed by atoms with E-state index in [1.165, 1.54) is 0 Å². The maximum Gasteiger partial charge on any atom is 0.277 e. The number of aliphatic hydroxyl groups is 1. The molecule has 0 radical (unpaired) electrons. The SMILES string of the molecule is COc1ccccc1C1c2c(CO)n[nH]c2C(=O)N1c1ccc(-c2ccsc2)cc1. The second kappa shape index (κ2) is 7.44. The number of nitrogens with one attached hydrogen (secondary N) is 1. The molecule has 4 aromatic rings. The van der Waals surface area contributed by atoms with Crippen molar-refractivity contribution in [3.8, 4) is 16.9 Å². The monoisotopic (exact) mass is 417 g/mol. The molecule has 7 heteroatoms. The molecule has 2 aromatic carbocycles. The van der Waals surface area contributed by atoms with Gasteiger partial charge in [0.15, 0.2) is 0 Å².